The number of rotatable bonds is 7. The molecule has 1 aliphatic heterocycles. The Morgan fingerprint density at radius 3 is 2.47 bits per heavy atom. The van der Waals surface area contributed by atoms with Gasteiger partial charge in [-0.1, -0.05) is 11.6 Å². The number of halogens is 4. The smallest absolute Gasteiger partial charge is 0.480 e. The molecule has 12 heteroatoms. The summed E-state index contributed by atoms with van der Waals surface area (Å²) in [6.07, 6.45) is -5.66. The molecule has 0 unspecified atom stereocenters. The van der Waals surface area contributed by atoms with Gasteiger partial charge in [0.25, 0.3) is 5.91 Å². The Balaban J connectivity index is 1.03. The van der Waals surface area contributed by atoms with E-state index in [1.54, 1.807) is 18.2 Å². The van der Waals surface area contributed by atoms with Crippen LogP contribution in [0.15, 0.2) is 18.2 Å². The van der Waals surface area contributed by atoms with Crippen molar-refractivity contribution in [2.24, 2.45) is 0 Å². The van der Waals surface area contributed by atoms with Gasteiger partial charge in [-0.3, -0.25) is 14.3 Å². The highest BCUT2D eigenvalue weighted by atomic mass is 35.5. The molecule has 2 bridgehead atoms. The van der Waals surface area contributed by atoms with Crippen LogP contribution in [0.3, 0.4) is 0 Å². The number of alkyl halides is 3. The molecule has 3 N–H and O–H groups in total. The number of fused-ring (bicyclic) bond motifs is 1. The van der Waals surface area contributed by atoms with Gasteiger partial charge >= 0.3 is 6.36 Å². The quantitative estimate of drug-likeness (QED) is 0.527. The van der Waals surface area contributed by atoms with E-state index in [2.05, 4.69) is 15.4 Å². The summed E-state index contributed by atoms with van der Waals surface area (Å²) in [6.45, 7) is -0.234. The van der Waals surface area contributed by atoms with Crippen LogP contribution in [0.2, 0.25) is 5.02 Å². The van der Waals surface area contributed by atoms with Gasteiger partial charge in [0.2, 0.25) is 5.91 Å². The van der Waals surface area contributed by atoms with Crippen LogP contribution in [-0.4, -0.2) is 59.3 Å². The van der Waals surface area contributed by atoms with Gasteiger partial charge < -0.3 is 25.2 Å². The first kappa shape index (κ1) is 23.7. The van der Waals surface area contributed by atoms with Gasteiger partial charge in [0, 0.05) is 40.9 Å². The first-order valence-electron chi connectivity index (χ1n) is 11.1. The molecule has 4 fully saturated rings. The predicted molar refractivity (Wildman–Crippen MR) is 111 cm³/mol. The molecule has 4 aliphatic carbocycles. The normalized spacial score (nSPS) is 35.6. The number of hydrogen-bond acceptors (Lipinski definition) is 6. The summed E-state index contributed by atoms with van der Waals surface area (Å²) >= 11 is 5.95. The van der Waals surface area contributed by atoms with Crippen LogP contribution in [0.1, 0.15) is 50.2 Å². The number of nitrogens with one attached hydrogen (secondary N) is 2. The molecule has 4 saturated carbocycles. The molecule has 0 radical (unpaired) electrons. The molecule has 1 aromatic rings. The number of ether oxygens (including phenoxy) is 3. The van der Waals surface area contributed by atoms with Crippen LogP contribution >= 0.6 is 11.6 Å². The van der Waals surface area contributed by atoms with Crippen molar-refractivity contribution in [1.29, 1.82) is 0 Å². The summed E-state index contributed by atoms with van der Waals surface area (Å²) < 4.78 is 51.4. The predicted octanol–water partition coefficient (Wildman–Crippen LogP) is 2.52. The lowest BCUT2D eigenvalue weighted by atomic mass is 9.44. The fraction of sp³-hybridized carbons (Fsp3) is 0.636. The van der Waals surface area contributed by atoms with Crippen LogP contribution in [-0.2, 0) is 19.1 Å². The summed E-state index contributed by atoms with van der Waals surface area (Å²) in [5.41, 5.74) is -0.252. The van der Waals surface area contributed by atoms with E-state index < -0.39 is 41.9 Å². The monoisotopic (exact) mass is 504 g/mol. The lowest BCUT2D eigenvalue weighted by Crippen LogP contribution is -2.84. The second-order valence-electron chi connectivity index (χ2n) is 9.76. The largest absolute Gasteiger partial charge is 0.522 e. The third-order valence-corrected chi connectivity index (χ3v) is 7.19. The molecule has 2 amide bonds. The average molecular weight is 505 g/mol. The minimum absolute atomic E-state index is 0.0997. The molecule has 186 valence electrons. The maximum atomic E-state index is 12.7. The van der Waals surface area contributed by atoms with Crippen molar-refractivity contribution in [3.05, 3.63) is 28.8 Å². The van der Waals surface area contributed by atoms with Crippen LogP contribution in [0.25, 0.3) is 0 Å². The van der Waals surface area contributed by atoms with E-state index in [-0.39, 0.29) is 37.7 Å². The zero-order valence-electron chi connectivity index (χ0n) is 18.0. The van der Waals surface area contributed by atoms with Gasteiger partial charge in [-0.25, -0.2) is 0 Å². The maximum absolute atomic E-state index is 12.7. The van der Waals surface area contributed by atoms with Gasteiger partial charge in [-0.05, 0) is 37.5 Å². The highest BCUT2D eigenvalue weighted by Crippen LogP contribution is 2.60. The third-order valence-electron chi connectivity index (χ3n) is 6.96. The van der Waals surface area contributed by atoms with E-state index in [0.717, 1.165) is 0 Å². The molecule has 1 aromatic carbocycles. The minimum atomic E-state index is -4.66. The summed E-state index contributed by atoms with van der Waals surface area (Å²) in [7, 11) is 0. The lowest BCUT2D eigenvalue weighted by Gasteiger charge is -2.70. The SMILES string of the molecule is O=C(COC1CC(OC(F)(F)F)C1)NC12CC(NC(=O)[C@@H]3C[C@H](O)c4cc(Cl)ccc4O3)(C1)C2. The highest BCUT2D eigenvalue weighted by Gasteiger charge is 2.69. The topological polar surface area (TPSA) is 106 Å². The number of aliphatic hydroxyl groups is 1. The molecule has 0 spiro atoms. The summed E-state index contributed by atoms with van der Waals surface area (Å²) in [5, 5.41) is 16.7. The number of amides is 2. The Morgan fingerprint density at radius 1 is 1.12 bits per heavy atom. The Bertz CT molecular complexity index is 980. The van der Waals surface area contributed by atoms with Crippen LogP contribution in [0, 0.1) is 0 Å². The van der Waals surface area contributed by atoms with E-state index >= 15 is 0 Å². The number of carbonyl (C=O) groups is 2. The molecule has 6 rings (SSSR count). The van der Waals surface area contributed by atoms with E-state index in [9.17, 15) is 27.9 Å². The summed E-state index contributed by atoms with van der Waals surface area (Å²) in [4.78, 5) is 24.9. The molecule has 2 atom stereocenters. The van der Waals surface area contributed by atoms with E-state index in [4.69, 9.17) is 21.1 Å². The Kier molecular flexibility index (Phi) is 5.74. The fourth-order valence-corrected chi connectivity index (χ4v) is 5.62. The highest BCUT2D eigenvalue weighted by molar-refractivity contribution is 6.30. The second-order valence-corrected chi connectivity index (χ2v) is 10.2. The van der Waals surface area contributed by atoms with Crippen molar-refractivity contribution in [2.45, 2.75) is 80.4 Å². The van der Waals surface area contributed by atoms with Crippen molar-refractivity contribution in [2.75, 3.05) is 6.61 Å². The van der Waals surface area contributed by atoms with Gasteiger partial charge in [0.05, 0.1) is 18.3 Å². The number of benzene rings is 1. The van der Waals surface area contributed by atoms with Gasteiger partial charge in [-0.2, -0.15) is 0 Å². The van der Waals surface area contributed by atoms with E-state index in [0.29, 0.717) is 35.6 Å². The van der Waals surface area contributed by atoms with Crippen molar-refractivity contribution in [3.63, 3.8) is 0 Å². The molecule has 1 heterocycles. The first-order valence-corrected chi connectivity index (χ1v) is 11.4. The molecule has 0 aromatic heterocycles. The molecule has 34 heavy (non-hydrogen) atoms. The lowest BCUT2D eigenvalue weighted by molar-refractivity contribution is -0.357. The zero-order valence-corrected chi connectivity index (χ0v) is 18.7. The van der Waals surface area contributed by atoms with Crippen molar-refractivity contribution >= 4 is 23.4 Å². The van der Waals surface area contributed by atoms with Crippen molar-refractivity contribution < 1.29 is 42.1 Å². The molecule has 8 nitrogen and oxygen atoms in total. The van der Waals surface area contributed by atoms with Gasteiger partial charge in [0.1, 0.15) is 12.4 Å². The van der Waals surface area contributed by atoms with E-state index in [1.807, 2.05) is 0 Å². The molecular weight excluding hydrogens is 481 g/mol. The van der Waals surface area contributed by atoms with Gasteiger partial charge in [-0.15, -0.1) is 13.2 Å². The van der Waals surface area contributed by atoms with Gasteiger partial charge in [0.15, 0.2) is 6.10 Å². The van der Waals surface area contributed by atoms with Crippen LogP contribution < -0.4 is 15.4 Å². The fourth-order valence-electron chi connectivity index (χ4n) is 5.44. The Morgan fingerprint density at radius 2 is 1.79 bits per heavy atom. The van der Waals surface area contributed by atoms with Crippen LogP contribution in [0.4, 0.5) is 13.2 Å². The van der Waals surface area contributed by atoms with Crippen LogP contribution in [0.5, 0.6) is 5.75 Å². The number of hydrogen-bond donors (Lipinski definition) is 3. The van der Waals surface area contributed by atoms with Crippen molar-refractivity contribution in [1.82, 2.24) is 10.6 Å². The Hall–Kier alpha value is -2.08. The third kappa shape index (κ3) is 4.71. The second kappa shape index (κ2) is 8.25. The first-order chi connectivity index (χ1) is 15.9. The molecular formula is C22H24ClF3N2O6. The number of aliphatic hydroxyl groups excluding tert-OH is 1. The summed E-state index contributed by atoms with van der Waals surface area (Å²) in [6, 6.07) is 4.87. The Labute approximate surface area is 198 Å². The maximum Gasteiger partial charge on any atom is 0.522 e. The van der Waals surface area contributed by atoms with E-state index in [1.165, 1.54) is 0 Å². The zero-order chi connectivity index (χ0) is 24.3. The standard InChI is InChI=1S/C22H24ClF3N2O6/c23-11-1-2-16-14(3-11)15(29)6-17(33-16)19(31)28-21-8-20(9-21,10-21)27-18(30)7-32-12-4-13(5-12)34-22(24,25)26/h1-3,12-13,15,17,29H,4-10H2,(H,27,30)(H,28,31)/t12?,13?,15-,17-,20?,21?/m0/s1. The molecule has 5 aliphatic rings. The minimum Gasteiger partial charge on any atom is -0.480 e. The molecule has 0 saturated heterocycles. The number of carbonyl (C=O) groups excluding carboxylic acids is 2. The summed E-state index contributed by atoms with van der Waals surface area (Å²) in [5.74, 6) is -0.232. The van der Waals surface area contributed by atoms with Crippen molar-refractivity contribution in [3.8, 4) is 5.75 Å². The average Bonchev–Trinajstić information content (AvgIpc) is 2.66.